The van der Waals surface area contributed by atoms with Gasteiger partial charge in [0.2, 0.25) is 0 Å². The minimum Gasteiger partial charge on any atom is -0.306 e. The highest BCUT2D eigenvalue weighted by Gasteiger charge is 2.20. The molecule has 4 rings (SSSR count). The van der Waals surface area contributed by atoms with Crippen LogP contribution in [0.3, 0.4) is 0 Å². The lowest BCUT2D eigenvalue weighted by Crippen LogP contribution is -2.32. The van der Waals surface area contributed by atoms with Crippen LogP contribution in [0.15, 0.2) is 36.7 Å². The molecule has 1 aliphatic heterocycles. The Balaban J connectivity index is 2.01. The van der Waals surface area contributed by atoms with Crippen LogP contribution in [0.25, 0.3) is 22.9 Å². The second-order valence-electron chi connectivity index (χ2n) is 5.19. The summed E-state index contributed by atoms with van der Waals surface area (Å²) in [6, 6.07) is 7.54. The smallest absolute Gasteiger partial charge is 0.273 e. The number of rotatable bonds is 1. The standard InChI is InChI=1S/C16H12ClN5O/c1-9-14(10-2-4-11(17)5-3-10)15-18-8-12-13(22(15)21-9)6-7-19-20-16(12)23/h2-8,19H,1H3,(H,20,23). The van der Waals surface area contributed by atoms with Crippen molar-refractivity contribution in [1.82, 2.24) is 25.4 Å². The Kier molecular flexibility index (Phi) is 3.06. The van der Waals surface area contributed by atoms with E-state index in [4.69, 9.17) is 11.6 Å². The topological polar surface area (TPSA) is 71.3 Å². The molecule has 0 spiro atoms. The van der Waals surface area contributed by atoms with E-state index in [2.05, 4.69) is 20.9 Å². The quantitative estimate of drug-likeness (QED) is 0.721. The van der Waals surface area contributed by atoms with Gasteiger partial charge in [-0.25, -0.2) is 9.50 Å². The molecule has 114 valence electrons. The van der Waals surface area contributed by atoms with Gasteiger partial charge in [0.1, 0.15) is 0 Å². The summed E-state index contributed by atoms with van der Waals surface area (Å²) < 4.78 is 1.69. The maximum atomic E-state index is 12.0. The van der Waals surface area contributed by atoms with E-state index in [1.807, 2.05) is 31.2 Å². The first-order valence-corrected chi connectivity index (χ1v) is 7.39. The molecule has 0 radical (unpaired) electrons. The average Bonchev–Trinajstić information content (AvgIpc) is 2.76. The number of halogens is 1. The van der Waals surface area contributed by atoms with E-state index in [1.54, 1.807) is 23.0 Å². The van der Waals surface area contributed by atoms with Gasteiger partial charge < -0.3 is 5.43 Å². The Morgan fingerprint density at radius 2 is 2.00 bits per heavy atom. The van der Waals surface area contributed by atoms with Crippen LogP contribution in [0.5, 0.6) is 0 Å². The summed E-state index contributed by atoms with van der Waals surface area (Å²) in [6.45, 7) is 1.92. The molecular weight excluding hydrogens is 314 g/mol. The van der Waals surface area contributed by atoms with Gasteiger partial charge in [-0.15, -0.1) is 0 Å². The Labute approximate surface area is 136 Å². The second kappa shape index (κ2) is 5.10. The largest absolute Gasteiger partial charge is 0.306 e. The van der Waals surface area contributed by atoms with Crippen molar-refractivity contribution in [1.29, 1.82) is 0 Å². The van der Waals surface area contributed by atoms with Crippen molar-refractivity contribution in [3.63, 3.8) is 0 Å². The first-order valence-electron chi connectivity index (χ1n) is 7.02. The molecule has 0 saturated heterocycles. The molecule has 1 amide bonds. The summed E-state index contributed by atoms with van der Waals surface area (Å²) in [7, 11) is 0. The molecule has 0 fully saturated rings. The Bertz CT molecular complexity index is 959. The van der Waals surface area contributed by atoms with E-state index in [1.165, 1.54) is 0 Å². The molecule has 2 aromatic heterocycles. The van der Waals surface area contributed by atoms with Crippen molar-refractivity contribution in [2.45, 2.75) is 6.92 Å². The Morgan fingerprint density at radius 1 is 1.22 bits per heavy atom. The Hall–Kier alpha value is -2.86. The van der Waals surface area contributed by atoms with E-state index in [0.29, 0.717) is 21.9 Å². The molecule has 0 bridgehead atoms. The second-order valence-corrected chi connectivity index (χ2v) is 5.63. The third kappa shape index (κ3) is 2.15. The molecule has 1 aromatic carbocycles. The summed E-state index contributed by atoms with van der Waals surface area (Å²) in [5.41, 5.74) is 9.84. The highest BCUT2D eigenvalue weighted by Crippen LogP contribution is 2.29. The molecule has 0 unspecified atom stereocenters. The van der Waals surface area contributed by atoms with Crippen LogP contribution in [0.1, 0.15) is 21.7 Å². The molecule has 23 heavy (non-hydrogen) atoms. The van der Waals surface area contributed by atoms with Gasteiger partial charge in [-0.05, 0) is 30.7 Å². The molecule has 7 heteroatoms. The summed E-state index contributed by atoms with van der Waals surface area (Å²) in [5.74, 6) is -0.249. The number of benzene rings is 1. The molecule has 3 heterocycles. The lowest BCUT2D eigenvalue weighted by molar-refractivity contribution is 0.0941. The van der Waals surface area contributed by atoms with Gasteiger partial charge in [-0.2, -0.15) is 5.10 Å². The number of aryl methyl sites for hydroxylation is 1. The van der Waals surface area contributed by atoms with Crippen LogP contribution in [0.2, 0.25) is 5.02 Å². The van der Waals surface area contributed by atoms with Crippen molar-refractivity contribution < 1.29 is 4.79 Å². The first-order chi connectivity index (χ1) is 11.1. The van der Waals surface area contributed by atoms with Crippen LogP contribution < -0.4 is 10.9 Å². The highest BCUT2D eigenvalue weighted by molar-refractivity contribution is 6.30. The fourth-order valence-electron chi connectivity index (χ4n) is 2.69. The van der Waals surface area contributed by atoms with Crippen molar-refractivity contribution in [3.8, 4) is 11.1 Å². The third-order valence-electron chi connectivity index (χ3n) is 3.74. The molecule has 0 saturated carbocycles. The van der Waals surface area contributed by atoms with E-state index in [-0.39, 0.29) is 5.91 Å². The van der Waals surface area contributed by atoms with Crippen LogP contribution in [-0.2, 0) is 0 Å². The van der Waals surface area contributed by atoms with Gasteiger partial charge in [0.05, 0.1) is 17.0 Å². The van der Waals surface area contributed by atoms with Gasteiger partial charge in [0.15, 0.2) is 5.65 Å². The molecule has 2 N–H and O–H groups in total. The number of fused-ring (bicyclic) bond motifs is 3. The minimum absolute atomic E-state index is 0.249. The fraction of sp³-hybridized carbons (Fsp3) is 0.0625. The van der Waals surface area contributed by atoms with Gasteiger partial charge in [-0.3, -0.25) is 10.2 Å². The van der Waals surface area contributed by atoms with Gasteiger partial charge in [0, 0.05) is 23.0 Å². The maximum Gasteiger partial charge on any atom is 0.273 e. The normalized spacial score (nSPS) is 13.4. The number of amides is 1. The number of hydrazine groups is 1. The number of nitrogens with one attached hydrogen (secondary N) is 2. The van der Waals surface area contributed by atoms with Crippen molar-refractivity contribution in [2.75, 3.05) is 0 Å². The lowest BCUT2D eigenvalue weighted by atomic mass is 10.1. The van der Waals surface area contributed by atoms with Crippen LogP contribution in [-0.4, -0.2) is 20.5 Å². The van der Waals surface area contributed by atoms with Gasteiger partial charge in [-0.1, -0.05) is 23.7 Å². The van der Waals surface area contributed by atoms with Gasteiger partial charge in [0.25, 0.3) is 5.91 Å². The van der Waals surface area contributed by atoms with Crippen molar-refractivity contribution >= 4 is 29.2 Å². The summed E-state index contributed by atoms with van der Waals surface area (Å²) in [5, 5.41) is 5.24. The zero-order chi connectivity index (χ0) is 16.0. The number of aromatic nitrogens is 3. The number of hydrogen-bond donors (Lipinski definition) is 2. The van der Waals surface area contributed by atoms with Crippen LogP contribution in [0.4, 0.5) is 0 Å². The van der Waals surface area contributed by atoms with E-state index in [0.717, 1.165) is 16.8 Å². The molecule has 0 atom stereocenters. The number of carbonyl (C=O) groups excluding carboxylic acids is 1. The third-order valence-corrected chi connectivity index (χ3v) is 4.00. The number of hydrogen-bond acceptors (Lipinski definition) is 4. The lowest BCUT2D eigenvalue weighted by Gasteiger charge is -2.06. The predicted molar refractivity (Wildman–Crippen MR) is 87.8 cm³/mol. The summed E-state index contributed by atoms with van der Waals surface area (Å²) in [4.78, 5) is 16.5. The average molecular weight is 326 g/mol. The van der Waals surface area contributed by atoms with Crippen molar-refractivity contribution in [2.24, 2.45) is 0 Å². The molecule has 3 aromatic rings. The van der Waals surface area contributed by atoms with E-state index in [9.17, 15) is 4.79 Å². The summed E-state index contributed by atoms with van der Waals surface area (Å²) >= 11 is 5.96. The van der Waals surface area contributed by atoms with E-state index < -0.39 is 0 Å². The molecule has 6 nitrogen and oxygen atoms in total. The SMILES string of the molecule is Cc1nn2c3c(cnc2c1-c1ccc(Cl)cc1)C(=O)NNC=C3. The van der Waals surface area contributed by atoms with Crippen LogP contribution in [0, 0.1) is 6.92 Å². The van der Waals surface area contributed by atoms with Crippen molar-refractivity contribution in [3.05, 3.63) is 58.6 Å². The molecule has 1 aliphatic rings. The molecule has 0 aliphatic carbocycles. The fourth-order valence-corrected chi connectivity index (χ4v) is 2.82. The number of nitrogens with zero attached hydrogens (tertiary/aromatic N) is 3. The maximum absolute atomic E-state index is 12.0. The highest BCUT2D eigenvalue weighted by atomic mass is 35.5. The Morgan fingerprint density at radius 3 is 2.78 bits per heavy atom. The number of carbonyl (C=O) groups is 1. The first kappa shape index (κ1) is 13.8. The zero-order valence-electron chi connectivity index (χ0n) is 12.2. The van der Waals surface area contributed by atoms with Crippen LogP contribution >= 0.6 is 11.6 Å². The molecular formula is C16H12ClN5O. The monoisotopic (exact) mass is 325 g/mol. The van der Waals surface area contributed by atoms with E-state index >= 15 is 0 Å². The predicted octanol–water partition coefficient (Wildman–Crippen LogP) is 2.58. The summed E-state index contributed by atoms with van der Waals surface area (Å²) in [6.07, 6.45) is 5.01. The van der Waals surface area contributed by atoms with Gasteiger partial charge >= 0.3 is 0 Å². The minimum atomic E-state index is -0.249. The zero-order valence-corrected chi connectivity index (χ0v) is 12.9.